The molecule has 1 aliphatic rings. The molecule has 0 spiro atoms. The minimum Gasteiger partial charge on any atom is -0.444 e. The second-order valence-corrected chi connectivity index (χ2v) is 6.91. The van der Waals surface area contributed by atoms with Crippen LogP contribution in [0, 0.1) is 6.92 Å². The van der Waals surface area contributed by atoms with Gasteiger partial charge >= 0.3 is 6.09 Å². The smallest absolute Gasteiger partial charge is 0.410 e. The maximum atomic E-state index is 12.2. The minimum atomic E-state index is -0.439. The lowest BCUT2D eigenvalue weighted by atomic mass is 10.2. The van der Waals surface area contributed by atoms with Crippen molar-refractivity contribution in [3.8, 4) is 0 Å². The first-order valence-electron chi connectivity index (χ1n) is 7.97. The van der Waals surface area contributed by atoms with Crippen molar-refractivity contribution in [1.29, 1.82) is 0 Å². The molecule has 1 atom stereocenters. The molecule has 1 aromatic rings. The SMILES string of the molecule is Cc1ccc(CNCC2CCCN2C(=O)OC(C)(C)C)cn1. The molecule has 1 aromatic heterocycles. The van der Waals surface area contributed by atoms with Crippen LogP contribution in [0.2, 0.25) is 0 Å². The number of nitrogens with one attached hydrogen (secondary N) is 1. The Hall–Kier alpha value is -1.62. The maximum absolute atomic E-state index is 12.2. The highest BCUT2D eigenvalue weighted by Gasteiger charge is 2.31. The molecule has 0 radical (unpaired) electrons. The molecule has 5 heteroatoms. The molecule has 2 rings (SSSR count). The molecule has 0 bridgehead atoms. The standard InChI is InChI=1S/C17H27N3O2/c1-13-7-8-14(11-19-13)10-18-12-15-6-5-9-20(15)16(21)22-17(2,3)4/h7-8,11,15,18H,5-6,9-10,12H2,1-4H3. The lowest BCUT2D eigenvalue weighted by Gasteiger charge is -2.28. The van der Waals surface area contributed by atoms with Crippen molar-refractivity contribution in [3.63, 3.8) is 0 Å². The van der Waals surface area contributed by atoms with Crippen molar-refractivity contribution >= 4 is 6.09 Å². The van der Waals surface area contributed by atoms with E-state index in [1.807, 2.05) is 44.9 Å². The Kier molecular flexibility index (Phi) is 5.40. The molecule has 2 heterocycles. The zero-order valence-corrected chi connectivity index (χ0v) is 14.1. The van der Waals surface area contributed by atoms with Gasteiger partial charge in [-0.25, -0.2) is 4.79 Å². The number of pyridine rings is 1. The summed E-state index contributed by atoms with van der Waals surface area (Å²) in [5.41, 5.74) is 1.74. The first kappa shape index (κ1) is 16.7. The Morgan fingerprint density at radius 1 is 1.45 bits per heavy atom. The number of ether oxygens (including phenoxy) is 1. The summed E-state index contributed by atoms with van der Waals surface area (Å²) in [5.74, 6) is 0. The highest BCUT2D eigenvalue weighted by molar-refractivity contribution is 5.69. The van der Waals surface area contributed by atoms with E-state index in [1.165, 1.54) is 0 Å². The van der Waals surface area contributed by atoms with E-state index >= 15 is 0 Å². The third-order valence-electron chi connectivity index (χ3n) is 3.69. The number of carbonyl (C=O) groups is 1. The van der Waals surface area contributed by atoms with Crippen LogP contribution in [-0.2, 0) is 11.3 Å². The van der Waals surface area contributed by atoms with Gasteiger partial charge in [-0.15, -0.1) is 0 Å². The molecular formula is C17H27N3O2. The van der Waals surface area contributed by atoms with E-state index in [1.54, 1.807) is 0 Å². The summed E-state index contributed by atoms with van der Waals surface area (Å²) in [5, 5.41) is 3.42. The zero-order valence-electron chi connectivity index (χ0n) is 14.1. The summed E-state index contributed by atoms with van der Waals surface area (Å²) in [4.78, 5) is 18.3. The summed E-state index contributed by atoms with van der Waals surface area (Å²) in [6, 6.07) is 4.31. The first-order valence-corrected chi connectivity index (χ1v) is 7.97. The average Bonchev–Trinajstić information content (AvgIpc) is 2.88. The van der Waals surface area contributed by atoms with Crippen molar-refractivity contribution in [2.24, 2.45) is 0 Å². The Labute approximate surface area is 133 Å². The van der Waals surface area contributed by atoms with Crippen molar-refractivity contribution in [2.45, 2.75) is 58.7 Å². The molecule has 0 aromatic carbocycles. The Morgan fingerprint density at radius 2 is 2.23 bits per heavy atom. The van der Waals surface area contributed by atoms with Crippen molar-refractivity contribution < 1.29 is 9.53 Å². The van der Waals surface area contributed by atoms with Crippen LogP contribution in [0.25, 0.3) is 0 Å². The molecule has 1 amide bonds. The molecule has 5 nitrogen and oxygen atoms in total. The lowest BCUT2D eigenvalue weighted by Crippen LogP contribution is -2.44. The van der Waals surface area contributed by atoms with Gasteiger partial charge in [0.05, 0.1) is 0 Å². The van der Waals surface area contributed by atoms with E-state index in [0.29, 0.717) is 0 Å². The van der Waals surface area contributed by atoms with Gasteiger partial charge in [0, 0.05) is 37.6 Å². The Morgan fingerprint density at radius 3 is 2.86 bits per heavy atom. The van der Waals surface area contributed by atoms with Crippen LogP contribution in [0.4, 0.5) is 4.79 Å². The molecule has 1 aliphatic heterocycles. The van der Waals surface area contributed by atoms with E-state index in [4.69, 9.17) is 4.74 Å². The van der Waals surface area contributed by atoms with Gasteiger partial charge in [0.15, 0.2) is 0 Å². The normalized spacial score (nSPS) is 18.5. The second-order valence-electron chi connectivity index (χ2n) is 6.91. The van der Waals surface area contributed by atoms with E-state index in [-0.39, 0.29) is 12.1 Å². The summed E-state index contributed by atoms with van der Waals surface area (Å²) in [6.07, 6.45) is 3.76. The minimum absolute atomic E-state index is 0.200. The molecular weight excluding hydrogens is 278 g/mol. The summed E-state index contributed by atoms with van der Waals surface area (Å²) in [7, 11) is 0. The van der Waals surface area contributed by atoms with Gasteiger partial charge < -0.3 is 15.0 Å². The van der Waals surface area contributed by atoms with Crippen LogP contribution >= 0.6 is 0 Å². The molecule has 1 fully saturated rings. The number of aromatic nitrogens is 1. The molecule has 0 saturated carbocycles. The molecule has 0 aliphatic carbocycles. The van der Waals surface area contributed by atoms with E-state index in [0.717, 1.165) is 43.7 Å². The fourth-order valence-corrected chi connectivity index (χ4v) is 2.59. The molecule has 1 saturated heterocycles. The third-order valence-corrected chi connectivity index (χ3v) is 3.69. The molecule has 22 heavy (non-hydrogen) atoms. The fourth-order valence-electron chi connectivity index (χ4n) is 2.59. The number of hydrogen-bond donors (Lipinski definition) is 1. The molecule has 1 N–H and O–H groups in total. The highest BCUT2D eigenvalue weighted by atomic mass is 16.6. The highest BCUT2D eigenvalue weighted by Crippen LogP contribution is 2.20. The van der Waals surface area contributed by atoms with Gasteiger partial charge in [0.1, 0.15) is 5.60 Å². The van der Waals surface area contributed by atoms with E-state index in [2.05, 4.69) is 16.4 Å². The fraction of sp³-hybridized carbons (Fsp3) is 0.647. The Bertz CT molecular complexity index is 494. The van der Waals surface area contributed by atoms with Crippen molar-refractivity contribution in [2.75, 3.05) is 13.1 Å². The number of nitrogens with zero attached hydrogens (tertiary/aromatic N) is 2. The number of rotatable bonds is 4. The summed E-state index contributed by atoms with van der Waals surface area (Å²) >= 11 is 0. The topological polar surface area (TPSA) is 54.5 Å². The van der Waals surface area contributed by atoms with Gasteiger partial charge in [-0.1, -0.05) is 6.07 Å². The van der Waals surface area contributed by atoms with Gasteiger partial charge in [0.2, 0.25) is 0 Å². The second kappa shape index (κ2) is 7.09. The first-order chi connectivity index (χ1) is 10.3. The number of aryl methyl sites for hydroxylation is 1. The molecule has 1 unspecified atom stereocenters. The third kappa shape index (κ3) is 4.98. The number of hydrogen-bond acceptors (Lipinski definition) is 4. The van der Waals surface area contributed by atoms with Crippen LogP contribution in [0.15, 0.2) is 18.3 Å². The number of likely N-dealkylation sites (tertiary alicyclic amines) is 1. The summed E-state index contributed by atoms with van der Waals surface area (Å²) in [6.45, 7) is 10.0. The van der Waals surface area contributed by atoms with E-state index in [9.17, 15) is 4.79 Å². The van der Waals surface area contributed by atoms with Gasteiger partial charge in [-0.05, 0) is 52.2 Å². The van der Waals surface area contributed by atoms with Gasteiger partial charge in [0.25, 0.3) is 0 Å². The average molecular weight is 305 g/mol. The zero-order chi connectivity index (χ0) is 16.2. The van der Waals surface area contributed by atoms with Crippen LogP contribution in [0.1, 0.15) is 44.9 Å². The quantitative estimate of drug-likeness (QED) is 0.929. The largest absolute Gasteiger partial charge is 0.444 e. The number of carbonyl (C=O) groups excluding carboxylic acids is 1. The van der Waals surface area contributed by atoms with Crippen LogP contribution in [0.5, 0.6) is 0 Å². The van der Waals surface area contributed by atoms with Gasteiger partial charge in [-0.2, -0.15) is 0 Å². The lowest BCUT2D eigenvalue weighted by molar-refractivity contribution is 0.0226. The van der Waals surface area contributed by atoms with Crippen LogP contribution < -0.4 is 5.32 Å². The number of amides is 1. The predicted octanol–water partition coefficient (Wildman–Crippen LogP) is 2.88. The van der Waals surface area contributed by atoms with Crippen molar-refractivity contribution in [1.82, 2.24) is 15.2 Å². The summed E-state index contributed by atoms with van der Waals surface area (Å²) < 4.78 is 5.48. The van der Waals surface area contributed by atoms with Gasteiger partial charge in [-0.3, -0.25) is 4.98 Å². The molecule has 122 valence electrons. The predicted molar refractivity (Wildman–Crippen MR) is 86.6 cm³/mol. The van der Waals surface area contributed by atoms with E-state index < -0.39 is 5.60 Å². The monoisotopic (exact) mass is 305 g/mol. The van der Waals surface area contributed by atoms with Crippen molar-refractivity contribution in [3.05, 3.63) is 29.6 Å². The maximum Gasteiger partial charge on any atom is 0.410 e. The van der Waals surface area contributed by atoms with Crippen LogP contribution in [0.3, 0.4) is 0 Å². The van der Waals surface area contributed by atoms with Crippen LogP contribution in [-0.4, -0.2) is 40.7 Å². The Balaban J connectivity index is 1.81.